The van der Waals surface area contributed by atoms with Gasteiger partial charge in [-0.05, 0) is 46.7 Å². The largest absolute Gasteiger partial charge is 0.336 e. The first-order valence-electron chi connectivity index (χ1n) is 9.64. The van der Waals surface area contributed by atoms with Gasteiger partial charge in [0.2, 0.25) is 10.0 Å². The number of nitrogens with zero attached hydrogens (tertiary/aromatic N) is 2. The molecule has 4 rings (SSSR count). The molecule has 1 aliphatic heterocycles. The van der Waals surface area contributed by atoms with Crippen LogP contribution < -0.4 is 0 Å². The highest BCUT2D eigenvalue weighted by Crippen LogP contribution is 2.19. The average molecular weight is 441 g/mol. The summed E-state index contributed by atoms with van der Waals surface area (Å²) in [7, 11) is -3.55. The molecule has 5 nitrogen and oxygen atoms in total. The maximum atomic E-state index is 12.9. The van der Waals surface area contributed by atoms with Crippen LogP contribution in [0.2, 0.25) is 5.02 Å². The Kier molecular flexibility index (Phi) is 5.90. The van der Waals surface area contributed by atoms with E-state index in [4.69, 9.17) is 11.6 Å². The van der Waals surface area contributed by atoms with Crippen LogP contribution in [0.25, 0.3) is 16.8 Å². The number of carbonyl (C=O) groups is 1. The van der Waals surface area contributed by atoms with Crippen molar-refractivity contribution in [2.75, 3.05) is 26.2 Å². The predicted molar refractivity (Wildman–Crippen MR) is 121 cm³/mol. The molecule has 1 amide bonds. The topological polar surface area (TPSA) is 57.7 Å². The standard InChI is InChI=1S/C23H21ClN2O3S/c24-22-9-5-18(6-10-22)11-16-30(28,29)26-14-12-25(13-15-26)23(27)21-8-7-19-3-1-2-4-20(19)17-21/h1-11,16-17H,12-15H2/b16-11+. The number of halogens is 1. The molecule has 0 aliphatic carbocycles. The number of benzene rings is 3. The Bertz CT molecular complexity index is 1200. The van der Waals surface area contributed by atoms with E-state index in [1.165, 1.54) is 9.71 Å². The fraction of sp³-hybridized carbons (Fsp3) is 0.174. The highest BCUT2D eigenvalue weighted by atomic mass is 35.5. The van der Waals surface area contributed by atoms with E-state index in [2.05, 4.69) is 0 Å². The molecule has 154 valence electrons. The van der Waals surface area contributed by atoms with Crippen molar-refractivity contribution in [3.63, 3.8) is 0 Å². The molecule has 0 aromatic heterocycles. The van der Waals surface area contributed by atoms with Crippen LogP contribution in [0.5, 0.6) is 0 Å². The van der Waals surface area contributed by atoms with Gasteiger partial charge in [-0.3, -0.25) is 4.79 Å². The zero-order valence-corrected chi connectivity index (χ0v) is 17.8. The Labute approximate surface area is 181 Å². The van der Waals surface area contributed by atoms with E-state index in [0.717, 1.165) is 16.3 Å². The summed E-state index contributed by atoms with van der Waals surface area (Å²) in [5, 5.41) is 3.90. The molecule has 7 heteroatoms. The summed E-state index contributed by atoms with van der Waals surface area (Å²) in [6, 6.07) is 20.5. The molecule has 1 fully saturated rings. The van der Waals surface area contributed by atoms with Crippen LogP contribution in [0.3, 0.4) is 0 Å². The van der Waals surface area contributed by atoms with Crippen molar-refractivity contribution in [1.82, 2.24) is 9.21 Å². The molecule has 3 aromatic rings. The first kappa shape index (κ1) is 20.6. The third-order valence-electron chi connectivity index (χ3n) is 5.18. The van der Waals surface area contributed by atoms with E-state index >= 15 is 0 Å². The van der Waals surface area contributed by atoms with Crippen LogP contribution in [0.4, 0.5) is 0 Å². The Balaban J connectivity index is 1.40. The molecule has 0 saturated carbocycles. The Morgan fingerprint density at radius 1 is 0.867 bits per heavy atom. The molecule has 0 atom stereocenters. The van der Waals surface area contributed by atoms with Crippen molar-refractivity contribution in [2.45, 2.75) is 0 Å². The fourth-order valence-electron chi connectivity index (χ4n) is 3.48. The van der Waals surface area contributed by atoms with Gasteiger partial charge in [0.1, 0.15) is 0 Å². The summed E-state index contributed by atoms with van der Waals surface area (Å²) in [5.41, 5.74) is 1.38. The fourth-order valence-corrected chi connectivity index (χ4v) is 4.77. The number of hydrogen-bond acceptors (Lipinski definition) is 3. The number of hydrogen-bond donors (Lipinski definition) is 0. The summed E-state index contributed by atoms with van der Waals surface area (Å²) in [5.74, 6) is -0.0745. The Morgan fingerprint density at radius 2 is 1.53 bits per heavy atom. The van der Waals surface area contributed by atoms with Crippen LogP contribution >= 0.6 is 11.6 Å². The van der Waals surface area contributed by atoms with Crippen molar-refractivity contribution in [3.8, 4) is 0 Å². The summed E-state index contributed by atoms with van der Waals surface area (Å²) < 4.78 is 26.7. The highest BCUT2D eigenvalue weighted by Gasteiger charge is 2.27. The SMILES string of the molecule is O=C(c1ccc2ccccc2c1)N1CCN(S(=O)(=O)/C=C/c2ccc(Cl)cc2)CC1. The van der Waals surface area contributed by atoms with Gasteiger partial charge in [0.15, 0.2) is 0 Å². The molecule has 30 heavy (non-hydrogen) atoms. The van der Waals surface area contributed by atoms with Gasteiger partial charge in [-0.2, -0.15) is 4.31 Å². The van der Waals surface area contributed by atoms with Crippen LogP contribution in [0.1, 0.15) is 15.9 Å². The van der Waals surface area contributed by atoms with E-state index in [-0.39, 0.29) is 19.0 Å². The van der Waals surface area contributed by atoms with Gasteiger partial charge in [-0.25, -0.2) is 8.42 Å². The van der Waals surface area contributed by atoms with Crippen LogP contribution in [0, 0.1) is 0 Å². The van der Waals surface area contributed by atoms with E-state index in [1.54, 1.807) is 35.2 Å². The summed E-state index contributed by atoms with van der Waals surface area (Å²) in [6.45, 7) is 1.26. The number of piperazine rings is 1. The summed E-state index contributed by atoms with van der Waals surface area (Å²) in [6.07, 6.45) is 1.55. The number of rotatable bonds is 4. The lowest BCUT2D eigenvalue weighted by atomic mass is 10.1. The molecule has 0 bridgehead atoms. The van der Waals surface area contributed by atoms with E-state index in [1.807, 2.05) is 42.5 Å². The summed E-state index contributed by atoms with van der Waals surface area (Å²) in [4.78, 5) is 14.6. The first-order chi connectivity index (χ1) is 14.4. The minimum atomic E-state index is -3.55. The molecular weight excluding hydrogens is 420 g/mol. The van der Waals surface area contributed by atoms with Crippen molar-refractivity contribution in [3.05, 3.63) is 88.3 Å². The second-order valence-electron chi connectivity index (χ2n) is 7.15. The lowest BCUT2D eigenvalue weighted by Crippen LogP contribution is -2.50. The minimum absolute atomic E-state index is 0.0745. The molecule has 0 N–H and O–H groups in total. The van der Waals surface area contributed by atoms with E-state index < -0.39 is 10.0 Å². The van der Waals surface area contributed by atoms with Crippen LogP contribution in [0.15, 0.2) is 72.1 Å². The molecule has 3 aromatic carbocycles. The lowest BCUT2D eigenvalue weighted by Gasteiger charge is -2.33. The van der Waals surface area contributed by atoms with Gasteiger partial charge >= 0.3 is 0 Å². The maximum absolute atomic E-state index is 12.9. The van der Waals surface area contributed by atoms with E-state index in [0.29, 0.717) is 23.7 Å². The molecule has 0 unspecified atom stereocenters. The smallest absolute Gasteiger partial charge is 0.253 e. The molecule has 1 aliphatic rings. The molecular formula is C23H21ClN2O3S. The van der Waals surface area contributed by atoms with Crippen LogP contribution in [-0.4, -0.2) is 49.7 Å². The van der Waals surface area contributed by atoms with E-state index in [9.17, 15) is 13.2 Å². The lowest BCUT2D eigenvalue weighted by molar-refractivity contribution is 0.0699. The second kappa shape index (κ2) is 8.60. The predicted octanol–water partition coefficient (Wildman–Crippen LogP) is 4.25. The number of fused-ring (bicyclic) bond motifs is 1. The Morgan fingerprint density at radius 3 is 2.23 bits per heavy atom. The average Bonchev–Trinajstić information content (AvgIpc) is 2.78. The van der Waals surface area contributed by atoms with Crippen molar-refractivity contribution in [2.24, 2.45) is 0 Å². The normalized spacial score (nSPS) is 15.7. The molecule has 1 saturated heterocycles. The monoisotopic (exact) mass is 440 g/mol. The maximum Gasteiger partial charge on any atom is 0.253 e. The van der Waals surface area contributed by atoms with Crippen molar-refractivity contribution >= 4 is 44.4 Å². The van der Waals surface area contributed by atoms with Crippen LogP contribution in [-0.2, 0) is 10.0 Å². The second-order valence-corrected chi connectivity index (χ2v) is 9.41. The minimum Gasteiger partial charge on any atom is -0.336 e. The number of amides is 1. The van der Waals surface area contributed by atoms with Gasteiger partial charge in [0.25, 0.3) is 5.91 Å². The highest BCUT2D eigenvalue weighted by molar-refractivity contribution is 7.92. The Hall–Kier alpha value is -2.67. The molecule has 0 radical (unpaired) electrons. The zero-order valence-electron chi connectivity index (χ0n) is 16.2. The van der Waals surface area contributed by atoms with Gasteiger partial charge in [-0.1, -0.05) is 54.1 Å². The molecule has 0 spiro atoms. The number of sulfonamides is 1. The quantitative estimate of drug-likeness (QED) is 0.609. The summed E-state index contributed by atoms with van der Waals surface area (Å²) >= 11 is 5.85. The first-order valence-corrected chi connectivity index (χ1v) is 11.5. The van der Waals surface area contributed by atoms with Gasteiger partial charge in [-0.15, -0.1) is 0 Å². The third kappa shape index (κ3) is 4.56. The van der Waals surface area contributed by atoms with Crippen molar-refractivity contribution < 1.29 is 13.2 Å². The van der Waals surface area contributed by atoms with Crippen molar-refractivity contribution in [1.29, 1.82) is 0 Å². The number of carbonyl (C=O) groups excluding carboxylic acids is 1. The van der Waals surface area contributed by atoms with Gasteiger partial charge in [0, 0.05) is 42.2 Å². The molecule has 1 heterocycles. The van der Waals surface area contributed by atoms with Gasteiger partial charge < -0.3 is 4.90 Å². The van der Waals surface area contributed by atoms with Gasteiger partial charge in [0.05, 0.1) is 0 Å². The zero-order chi connectivity index (χ0) is 21.1. The third-order valence-corrected chi connectivity index (χ3v) is 7.00.